The molecule has 0 heterocycles. The number of para-hydroxylation sites is 2. The average molecular weight is 198 g/mol. The molecule has 0 fully saturated rings. The summed E-state index contributed by atoms with van der Waals surface area (Å²) < 4.78 is 0. The fraction of sp³-hybridized carbons (Fsp3) is 0.455. The average Bonchev–Trinajstić information content (AvgIpc) is 2.20. The number of aliphatic hydroxyl groups is 1. The topological polar surface area (TPSA) is 60.7 Å². The molecule has 0 bridgehead atoms. The van der Waals surface area contributed by atoms with Crippen molar-refractivity contribution in [1.82, 2.24) is 0 Å². The van der Waals surface area contributed by atoms with Crippen LogP contribution in [0.4, 0.5) is 0 Å². The molecule has 0 saturated carbocycles. The SMILES string of the molecule is CCCCCO.Oc1ccccc1O. The number of phenolic OH excluding ortho intramolecular Hbond substituents is 2. The van der Waals surface area contributed by atoms with Crippen molar-refractivity contribution in [3.8, 4) is 11.5 Å². The van der Waals surface area contributed by atoms with E-state index in [1.807, 2.05) is 0 Å². The summed E-state index contributed by atoms with van der Waals surface area (Å²) in [6, 6.07) is 6.15. The van der Waals surface area contributed by atoms with Crippen molar-refractivity contribution in [3.63, 3.8) is 0 Å². The van der Waals surface area contributed by atoms with E-state index < -0.39 is 0 Å². The van der Waals surface area contributed by atoms with Gasteiger partial charge in [-0.25, -0.2) is 0 Å². The Balaban J connectivity index is 0.000000255. The van der Waals surface area contributed by atoms with Crippen LogP contribution in [-0.4, -0.2) is 21.9 Å². The zero-order valence-electron chi connectivity index (χ0n) is 8.48. The van der Waals surface area contributed by atoms with E-state index in [9.17, 15) is 0 Å². The van der Waals surface area contributed by atoms with Crippen molar-refractivity contribution >= 4 is 0 Å². The summed E-state index contributed by atoms with van der Waals surface area (Å²) in [4.78, 5) is 0. The number of benzene rings is 1. The number of aromatic hydroxyl groups is 2. The van der Waals surface area contributed by atoms with Crippen molar-refractivity contribution in [3.05, 3.63) is 24.3 Å². The summed E-state index contributed by atoms with van der Waals surface area (Å²) in [6.07, 6.45) is 3.33. The minimum atomic E-state index is -0.0764. The van der Waals surface area contributed by atoms with Crippen molar-refractivity contribution < 1.29 is 15.3 Å². The fourth-order valence-electron chi connectivity index (χ4n) is 0.826. The lowest BCUT2D eigenvalue weighted by molar-refractivity contribution is 0.284. The van der Waals surface area contributed by atoms with Crippen molar-refractivity contribution in [2.24, 2.45) is 0 Å². The standard InChI is InChI=1S/C6H6O2.C5H12O/c7-5-3-1-2-4-6(5)8;1-2-3-4-5-6/h1-4,7-8H;6H,2-5H2,1H3. The summed E-state index contributed by atoms with van der Waals surface area (Å²) >= 11 is 0. The largest absolute Gasteiger partial charge is 0.504 e. The molecule has 1 aromatic carbocycles. The highest BCUT2D eigenvalue weighted by Gasteiger charge is 1.90. The maximum atomic E-state index is 8.67. The summed E-state index contributed by atoms with van der Waals surface area (Å²) in [6.45, 7) is 2.48. The first-order chi connectivity index (χ1) is 6.72. The highest BCUT2D eigenvalue weighted by Crippen LogP contribution is 2.21. The van der Waals surface area contributed by atoms with Gasteiger partial charge in [0.15, 0.2) is 11.5 Å². The van der Waals surface area contributed by atoms with E-state index in [1.54, 1.807) is 12.1 Å². The van der Waals surface area contributed by atoms with E-state index in [0.29, 0.717) is 6.61 Å². The molecule has 0 amide bonds. The van der Waals surface area contributed by atoms with E-state index in [4.69, 9.17) is 15.3 Å². The first-order valence-corrected chi connectivity index (χ1v) is 4.80. The number of aliphatic hydroxyl groups excluding tert-OH is 1. The van der Waals surface area contributed by atoms with Gasteiger partial charge in [-0.3, -0.25) is 0 Å². The van der Waals surface area contributed by atoms with Crippen molar-refractivity contribution in [1.29, 1.82) is 0 Å². The molecule has 0 aliphatic heterocycles. The lowest BCUT2D eigenvalue weighted by Crippen LogP contribution is -1.78. The number of unbranched alkanes of at least 4 members (excludes halogenated alkanes) is 2. The molecule has 0 aliphatic carbocycles. The van der Waals surface area contributed by atoms with E-state index >= 15 is 0 Å². The van der Waals surface area contributed by atoms with E-state index in [-0.39, 0.29) is 11.5 Å². The van der Waals surface area contributed by atoms with Crippen molar-refractivity contribution in [2.75, 3.05) is 6.61 Å². The number of rotatable bonds is 3. The van der Waals surface area contributed by atoms with E-state index in [2.05, 4.69) is 6.92 Å². The maximum Gasteiger partial charge on any atom is 0.157 e. The minimum absolute atomic E-state index is 0.0764. The molecule has 3 N–H and O–H groups in total. The Bertz CT molecular complexity index is 211. The predicted molar refractivity (Wildman–Crippen MR) is 56.4 cm³/mol. The molecule has 0 aromatic heterocycles. The van der Waals surface area contributed by atoms with Gasteiger partial charge in [0.1, 0.15) is 0 Å². The van der Waals surface area contributed by atoms with Crippen LogP contribution in [0.15, 0.2) is 24.3 Å². The molecule has 3 nitrogen and oxygen atoms in total. The van der Waals surface area contributed by atoms with Crippen LogP contribution >= 0.6 is 0 Å². The van der Waals surface area contributed by atoms with Gasteiger partial charge in [0.25, 0.3) is 0 Å². The fourth-order valence-corrected chi connectivity index (χ4v) is 0.826. The van der Waals surface area contributed by atoms with Crippen LogP contribution in [0.25, 0.3) is 0 Å². The molecule has 0 aliphatic rings. The molecule has 0 spiro atoms. The van der Waals surface area contributed by atoms with Crippen LogP contribution < -0.4 is 0 Å². The molecule has 0 unspecified atom stereocenters. The minimum Gasteiger partial charge on any atom is -0.504 e. The summed E-state index contributed by atoms with van der Waals surface area (Å²) in [5.41, 5.74) is 0. The Hall–Kier alpha value is -1.22. The van der Waals surface area contributed by atoms with Gasteiger partial charge >= 0.3 is 0 Å². The normalized spacial score (nSPS) is 9.00. The Morgan fingerprint density at radius 1 is 1.00 bits per heavy atom. The second kappa shape index (κ2) is 8.38. The monoisotopic (exact) mass is 198 g/mol. The molecular weight excluding hydrogens is 180 g/mol. The molecule has 0 saturated heterocycles. The molecular formula is C11H18O3. The third-order valence-electron chi connectivity index (χ3n) is 1.64. The molecule has 80 valence electrons. The highest BCUT2D eigenvalue weighted by atomic mass is 16.3. The van der Waals surface area contributed by atoms with Gasteiger partial charge in [-0.2, -0.15) is 0 Å². The van der Waals surface area contributed by atoms with Crippen LogP contribution in [-0.2, 0) is 0 Å². The molecule has 0 atom stereocenters. The number of phenols is 2. The maximum absolute atomic E-state index is 8.67. The van der Waals surface area contributed by atoms with Crippen LogP contribution in [0.2, 0.25) is 0 Å². The molecule has 0 radical (unpaired) electrons. The Labute approximate surface area is 84.6 Å². The lowest BCUT2D eigenvalue weighted by Gasteiger charge is -1.91. The Kier molecular flexibility index (Phi) is 7.65. The first kappa shape index (κ1) is 12.8. The summed E-state index contributed by atoms with van der Waals surface area (Å²) in [5.74, 6) is -0.153. The quantitative estimate of drug-likeness (QED) is 0.515. The van der Waals surface area contributed by atoms with Gasteiger partial charge < -0.3 is 15.3 Å². The zero-order chi connectivity index (χ0) is 10.8. The van der Waals surface area contributed by atoms with Gasteiger partial charge in [-0.1, -0.05) is 31.9 Å². The lowest BCUT2D eigenvalue weighted by atomic mass is 10.3. The van der Waals surface area contributed by atoms with Gasteiger partial charge in [-0.05, 0) is 18.6 Å². The highest BCUT2D eigenvalue weighted by molar-refractivity contribution is 5.36. The van der Waals surface area contributed by atoms with Gasteiger partial charge in [0.2, 0.25) is 0 Å². The van der Waals surface area contributed by atoms with Crippen LogP contribution in [0, 0.1) is 0 Å². The molecule has 14 heavy (non-hydrogen) atoms. The van der Waals surface area contributed by atoms with Gasteiger partial charge in [-0.15, -0.1) is 0 Å². The number of hydrogen-bond acceptors (Lipinski definition) is 3. The molecule has 1 aromatic rings. The zero-order valence-corrected chi connectivity index (χ0v) is 8.48. The van der Waals surface area contributed by atoms with Crippen LogP contribution in [0.5, 0.6) is 11.5 Å². The second-order valence-corrected chi connectivity index (χ2v) is 2.92. The van der Waals surface area contributed by atoms with Gasteiger partial charge in [0, 0.05) is 6.61 Å². The third-order valence-corrected chi connectivity index (χ3v) is 1.64. The van der Waals surface area contributed by atoms with E-state index in [1.165, 1.54) is 18.6 Å². The second-order valence-electron chi connectivity index (χ2n) is 2.92. The van der Waals surface area contributed by atoms with Crippen LogP contribution in [0.3, 0.4) is 0 Å². The van der Waals surface area contributed by atoms with Crippen LogP contribution in [0.1, 0.15) is 26.2 Å². The summed E-state index contributed by atoms with van der Waals surface area (Å²) in [5, 5.41) is 25.5. The summed E-state index contributed by atoms with van der Waals surface area (Å²) in [7, 11) is 0. The Morgan fingerprint density at radius 2 is 1.50 bits per heavy atom. The predicted octanol–water partition coefficient (Wildman–Crippen LogP) is 2.27. The molecule has 3 heteroatoms. The smallest absolute Gasteiger partial charge is 0.157 e. The Morgan fingerprint density at radius 3 is 1.71 bits per heavy atom. The van der Waals surface area contributed by atoms with Crippen molar-refractivity contribution in [2.45, 2.75) is 26.2 Å². The van der Waals surface area contributed by atoms with Gasteiger partial charge in [0.05, 0.1) is 0 Å². The molecule has 1 rings (SSSR count). The first-order valence-electron chi connectivity index (χ1n) is 4.80. The third kappa shape index (κ3) is 6.31. The number of hydrogen-bond donors (Lipinski definition) is 3. The van der Waals surface area contributed by atoms with E-state index in [0.717, 1.165) is 12.8 Å².